The van der Waals surface area contributed by atoms with Gasteiger partial charge < -0.3 is 4.74 Å². The van der Waals surface area contributed by atoms with Crippen molar-refractivity contribution in [2.75, 3.05) is 0 Å². The second-order valence-corrected chi connectivity index (χ2v) is 5.04. The zero-order valence-electron chi connectivity index (χ0n) is 10.4. The van der Waals surface area contributed by atoms with Crippen molar-refractivity contribution in [3.05, 3.63) is 29.8 Å². The van der Waals surface area contributed by atoms with Gasteiger partial charge in [0.1, 0.15) is 5.75 Å². The Labute approximate surface area is 98.8 Å². The summed E-state index contributed by atoms with van der Waals surface area (Å²) in [5, 5.41) is 0. The lowest BCUT2D eigenvalue weighted by molar-refractivity contribution is 0.237. The Morgan fingerprint density at radius 2 is 1.75 bits per heavy atom. The van der Waals surface area contributed by atoms with E-state index in [4.69, 9.17) is 4.74 Å². The summed E-state index contributed by atoms with van der Waals surface area (Å²) < 4.78 is 5.90. The minimum absolute atomic E-state index is 0.268. The number of hydrogen-bond acceptors (Lipinski definition) is 1. The zero-order chi connectivity index (χ0) is 11.4. The highest BCUT2D eigenvalue weighted by Gasteiger charge is 2.19. The fourth-order valence-corrected chi connectivity index (χ4v) is 2.59. The first kappa shape index (κ1) is 11.5. The molecule has 0 aliphatic heterocycles. The fourth-order valence-electron chi connectivity index (χ4n) is 2.59. The van der Waals surface area contributed by atoms with Crippen LogP contribution in [0.4, 0.5) is 0 Å². The van der Waals surface area contributed by atoms with E-state index in [1.54, 1.807) is 0 Å². The van der Waals surface area contributed by atoms with Gasteiger partial charge in [0.25, 0.3) is 0 Å². The van der Waals surface area contributed by atoms with Crippen molar-refractivity contribution in [1.29, 1.82) is 0 Å². The quantitative estimate of drug-likeness (QED) is 0.724. The molecule has 0 N–H and O–H groups in total. The Bertz CT molecular complexity index is 324. The molecular formula is C15H22O. The lowest BCUT2D eigenvalue weighted by Gasteiger charge is -2.24. The van der Waals surface area contributed by atoms with E-state index in [-0.39, 0.29) is 6.10 Å². The van der Waals surface area contributed by atoms with Gasteiger partial charge in [0.15, 0.2) is 0 Å². The molecule has 1 heteroatoms. The smallest absolute Gasteiger partial charge is 0.123 e. The van der Waals surface area contributed by atoms with Crippen LogP contribution in [0.5, 0.6) is 5.75 Å². The van der Waals surface area contributed by atoms with Crippen molar-refractivity contribution in [2.24, 2.45) is 0 Å². The first-order valence-electron chi connectivity index (χ1n) is 6.53. The number of benzene rings is 1. The SMILES string of the molecule is CC(C)Oc1ccccc1C1CCCCC1. The van der Waals surface area contributed by atoms with Crippen molar-refractivity contribution >= 4 is 0 Å². The van der Waals surface area contributed by atoms with Crippen molar-refractivity contribution < 1.29 is 4.74 Å². The monoisotopic (exact) mass is 218 g/mol. The van der Waals surface area contributed by atoms with Crippen LogP contribution in [0.1, 0.15) is 57.4 Å². The second kappa shape index (κ2) is 5.38. The highest BCUT2D eigenvalue weighted by Crippen LogP contribution is 2.37. The van der Waals surface area contributed by atoms with E-state index in [2.05, 4.69) is 38.1 Å². The molecule has 0 heterocycles. The molecular weight excluding hydrogens is 196 g/mol. The number of para-hydroxylation sites is 1. The van der Waals surface area contributed by atoms with E-state index in [0.29, 0.717) is 0 Å². The van der Waals surface area contributed by atoms with Crippen LogP contribution in [0.3, 0.4) is 0 Å². The summed E-state index contributed by atoms with van der Waals surface area (Å²) in [4.78, 5) is 0. The Morgan fingerprint density at radius 3 is 2.44 bits per heavy atom. The highest BCUT2D eigenvalue weighted by molar-refractivity contribution is 5.36. The molecule has 0 radical (unpaired) electrons. The molecule has 16 heavy (non-hydrogen) atoms. The van der Waals surface area contributed by atoms with E-state index in [9.17, 15) is 0 Å². The molecule has 0 amide bonds. The molecule has 88 valence electrons. The van der Waals surface area contributed by atoms with E-state index in [1.807, 2.05) is 0 Å². The normalized spacial score (nSPS) is 17.7. The topological polar surface area (TPSA) is 9.23 Å². The van der Waals surface area contributed by atoms with Crippen LogP contribution < -0.4 is 4.74 Å². The Kier molecular flexibility index (Phi) is 3.87. The van der Waals surface area contributed by atoms with Crippen LogP contribution >= 0.6 is 0 Å². The van der Waals surface area contributed by atoms with Crippen molar-refractivity contribution in [2.45, 2.75) is 58.0 Å². The van der Waals surface area contributed by atoms with E-state index in [0.717, 1.165) is 11.7 Å². The largest absolute Gasteiger partial charge is 0.491 e. The van der Waals surface area contributed by atoms with Gasteiger partial charge in [-0.3, -0.25) is 0 Å². The molecule has 1 aliphatic rings. The third kappa shape index (κ3) is 2.78. The van der Waals surface area contributed by atoms with Gasteiger partial charge in [-0.2, -0.15) is 0 Å². The molecule has 1 aromatic carbocycles. The van der Waals surface area contributed by atoms with Crippen LogP contribution in [0.15, 0.2) is 24.3 Å². The molecule has 1 saturated carbocycles. The standard InChI is InChI=1S/C15H22O/c1-12(2)16-15-11-7-6-10-14(15)13-8-4-3-5-9-13/h6-7,10-13H,3-5,8-9H2,1-2H3. The molecule has 0 bridgehead atoms. The summed E-state index contributed by atoms with van der Waals surface area (Å²) >= 11 is 0. The maximum Gasteiger partial charge on any atom is 0.123 e. The maximum atomic E-state index is 5.90. The molecule has 1 aromatic rings. The maximum absolute atomic E-state index is 5.90. The van der Waals surface area contributed by atoms with Crippen LogP contribution in [-0.2, 0) is 0 Å². The molecule has 0 spiro atoms. The van der Waals surface area contributed by atoms with Crippen molar-refractivity contribution in [3.63, 3.8) is 0 Å². The van der Waals surface area contributed by atoms with Gasteiger partial charge in [0.2, 0.25) is 0 Å². The summed E-state index contributed by atoms with van der Waals surface area (Å²) in [6.45, 7) is 4.19. The Balaban J connectivity index is 2.17. The van der Waals surface area contributed by atoms with Crippen molar-refractivity contribution in [1.82, 2.24) is 0 Å². The molecule has 2 rings (SSSR count). The van der Waals surface area contributed by atoms with E-state index < -0.39 is 0 Å². The van der Waals surface area contributed by atoms with Crippen LogP contribution in [0.2, 0.25) is 0 Å². The minimum Gasteiger partial charge on any atom is -0.491 e. The number of hydrogen-bond donors (Lipinski definition) is 0. The molecule has 1 nitrogen and oxygen atoms in total. The molecule has 0 atom stereocenters. The van der Waals surface area contributed by atoms with E-state index >= 15 is 0 Å². The zero-order valence-corrected chi connectivity index (χ0v) is 10.4. The van der Waals surface area contributed by atoms with Gasteiger partial charge in [-0.05, 0) is 44.2 Å². The summed E-state index contributed by atoms with van der Waals surface area (Å²) in [6.07, 6.45) is 7.09. The van der Waals surface area contributed by atoms with Crippen LogP contribution in [0.25, 0.3) is 0 Å². The van der Waals surface area contributed by atoms with Gasteiger partial charge in [0, 0.05) is 0 Å². The average Bonchev–Trinajstić information content (AvgIpc) is 2.30. The van der Waals surface area contributed by atoms with Gasteiger partial charge in [-0.1, -0.05) is 37.5 Å². The second-order valence-electron chi connectivity index (χ2n) is 5.04. The van der Waals surface area contributed by atoms with Gasteiger partial charge in [-0.25, -0.2) is 0 Å². The molecule has 0 aromatic heterocycles. The number of rotatable bonds is 3. The summed E-state index contributed by atoms with van der Waals surface area (Å²) in [5.41, 5.74) is 1.43. The third-order valence-electron chi connectivity index (χ3n) is 3.33. The van der Waals surface area contributed by atoms with Crippen LogP contribution in [-0.4, -0.2) is 6.10 Å². The summed E-state index contributed by atoms with van der Waals surface area (Å²) in [6, 6.07) is 8.57. The Hall–Kier alpha value is -0.980. The minimum atomic E-state index is 0.268. The fraction of sp³-hybridized carbons (Fsp3) is 0.600. The summed E-state index contributed by atoms with van der Waals surface area (Å²) in [5.74, 6) is 1.83. The predicted molar refractivity (Wildman–Crippen MR) is 68.0 cm³/mol. The average molecular weight is 218 g/mol. The predicted octanol–water partition coefficient (Wildman–Crippen LogP) is 4.52. The van der Waals surface area contributed by atoms with E-state index in [1.165, 1.54) is 37.7 Å². The van der Waals surface area contributed by atoms with Crippen LogP contribution in [0, 0.1) is 0 Å². The number of ether oxygens (including phenoxy) is 1. The lowest BCUT2D eigenvalue weighted by Crippen LogP contribution is -2.11. The molecule has 0 saturated heterocycles. The lowest BCUT2D eigenvalue weighted by atomic mass is 9.84. The van der Waals surface area contributed by atoms with Gasteiger partial charge in [-0.15, -0.1) is 0 Å². The highest BCUT2D eigenvalue weighted by atomic mass is 16.5. The first-order valence-corrected chi connectivity index (χ1v) is 6.53. The van der Waals surface area contributed by atoms with Gasteiger partial charge >= 0.3 is 0 Å². The first-order chi connectivity index (χ1) is 7.77. The molecule has 1 aliphatic carbocycles. The summed E-state index contributed by atoms with van der Waals surface area (Å²) in [7, 11) is 0. The van der Waals surface area contributed by atoms with Crippen molar-refractivity contribution in [3.8, 4) is 5.75 Å². The van der Waals surface area contributed by atoms with Gasteiger partial charge in [0.05, 0.1) is 6.10 Å². The third-order valence-corrected chi connectivity index (χ3v) is 3.33. The Morgan fingerprint density at radius 1 is 1.06 bits per heavy atom. The molecule has 1 fully saturated rings. The molecule has 0 unspecified atom stereocenters.